The minimum atomic E-state index is -3.57. The SMILES string of the molecule is Cc1cc(C)c(N(CC(=O)NC(C(C)C)C(C)C)S(C)(=O)=O)c(C)c1. The van der Waals surface area contributed by atoms with Crippen molar-refractivity contribution in [2.75, 3.05) is 17.1 Å². The molecule has 0 aliphatic rings. The molecular formula is C19H32N2O3S. The van der Waals surface area contributed by atoms with Crippen molar-refractivity contribution in [2.24, 2.45) is 11.8 Å². The number of aryl methyl sites for hydroxylation is 3. The molecule has 5 nitrogen and oxygen atoms in total. The van der Waals surface area contributed by atoms with Crippen LogP contribution in [0.5, 0.6) is 0 Å². The number of carbonyl (C=O) groups excluding carboxylic acids is 1. The fourth-order valence-corrected chi connectivity index (χ4v) is 4.36. The van der Waals surface area contributed by atoms with Gasteiger partial charge in [0.2, 0.25) is 15.9 Å². The third-order valence-electron chi connectivity index (χ3n) is 4.34. The smallest absolute Gasteiger partial charge is 0.241 e. The number of carbonyl (C=O) groups is 1. The van der Waals surface area contributed by atoms with E-state index in [0.717, 1.165) is 22.9 Å². The van der Waals surface area contributed by atoms with E-state index >= 15 is 0 Å². The average Bonchev–Trinajstić information content (AvgIpc) is 2.40. The molecule has 0 spiro atoms. The Morgan fingerprint density at radius 2 is 1.48 bits per heavy atom. The van der Waals surface area contributed by atoms with Crippen molar-refractivity contribution >= 4 is 21.6 Å². The highest BCUT2D eigenvalue weighted by atomic mass is 32.2. The summed E-state index contributed by atoms with van der Waals surface area (Å²) in [5, 5.41) is 2.99. The van der Waals surface area contributed by atoms with Crippen LogP contribution in [0, 0.1) is 32.6 Å². The number of hydrogen-bond acceptors (Lipinski definition) is 3. The second kappa shape index (κ2) is 8.21. The highest BCUT2D eigenvalue weighted by molar-refractivity contribution is 7.92. The highest BCUT2D eigenvalue weighted by Gasteiger charge is 2.26. The van der Waals surface area contributed by atoms with E-state index in [4.69, 9.17) is 0 Å². The van der Waals surface area contributed by atoms with Gasteiger partial charge in [0, 0.05) is 6.04 Å². The van der Waals surface area contributed by atoms with E-state index in [1.54, 1.807) is 0 Å². The van der Waals surface area contributed by atoms with Gasteiger partial charge < -0.3 is 5.32 Å². The molecule has 142 valence electrons. The van der Waals surface area contributed by atoms with Crippen LogP contribution in [0.15, 0.2) is 12.1 Å². The van der Waals surface area contributed by atoms with Crippen molar-refractivity contribution in [3.8, 4) is 0 Å². The lowest BCUT2D eigenvalue weighted by Gasteiger charge is -2.29. The number of nitrogens with zero attached hydrogens (tertiary/aromatic N) is 1. The van der Waals surface area contributed by atoms with Crippen molar-refractivity contribution in [1.29, 1.82) is 0 Å². The standard InChI is InChI=1S/C19H32N2O3S/c1-12(2)18(13(3)4)20-17(22)11-21(25(8,23)24)19-15(6)9-14(5)10-16(19)7/h9-10,12-13,18H,11H2,1-8H3,(H,20,22). The van der Waals surface area contributed by atoms with Crippen LogP contribution in [0.2, 0.25) is 0 Å². The van der Waals surface area contributed by atoms with Crippen LogP contribution in [0.3, 0.4) is 0 Å². The Kier molecular flexibility index (Phi) is 7.06. The lowest BCUT2D eigenvalue weighted by molar-refractivity contribution is -0.121. The first-order valence-corrected chi connectivity index (χ1v) is 10.5. The molecule has 0 heterocycles. The van der Waals surface area contributed by atoms with E-state index < -0.39 is 10.0 Å². The molecule has 0 bridgehead atoms. The fraction of sp³-hybridized carbons (Fsp3) is 0.632. The monoisotopic (exact) mass is 368 g/mol. The van der Waals surface area contributed by atoms with Crippen LogP contribution in [0.1, 0.15) is 44.4 Å². The minimum Gasteiger partial charge on any atom is -0.351 e. The Morgan fingerprint density at radius 3 is 1.84 bits per heavy atom. The summed E-state index contributed by atoms with van der Waals surface area (Å²) in [7, 11) is -3.57. The largest absolute Gasteiger partial charge is 0.351 e. The molecule has 0 saturated heterocycles. The maximum Gasteiger partial charge on any atom is 0.241 e. The fourth-order valence-electron chi connectivity index (χ4n) is 3.39. The Bertz CT molecular complexity index is 693. The van der Waals surface area contributed by atoms with E-state index in [9.17, 15) is 13.2 Å². The predicted octanol–water partition coefficient (Wildman–Crippen LogP) is 3.17. The molecule has 0 radical (unpaired) electrons. The van der Waals surface area contributed by atoms with Gasteiger partial charge in [-0.1, -0.05) is 45.4 Å². The summed E-state index contributed by atoms with van der Waals surface area (Å²) >= 11 is 0. The zero-order valence-electron chi connectivity index (χ0n) is 16.7. The summed E-state index contributed by atoms with van der Waals surface area (Å²) in [6.45, 7) is 13.7. The van der Waals surface area contributed by atoms with Crippen molar-refractivity contribution < 1.29 is 13.2 Å². The molecule has 0 atom stereocenters. The van der Waals surface area contributed by atoms with Gasteiger partial charge in [-0.05, 0) is 43.7 Å². The van der Waals surface area contributed by atoms with Crippen molar-refractivity contribution in [2.45, 2.75) is 54.5 Å². The minimum absolute atomic E-state index is 0.00845. The van der Waals surface area contributed by atoms with Gasteiger partial charge in [0.15, 0.2) is 0 Å². The summed E-state index contributed by atoms with van der Waals surface area (Å²) in [6.07, 6.45) is 1.14. The molecule has 0 aliphatic heterocycles. The van der Waals surface area contributed by atoms with Gasteiger partial charge in [0.1, 0.15) is 6.54 Å². The number of rotatable bonds is 7. The number of amides is 1. The van der Waals surface area contributed by atoms with Crippen LogP contribution >= 0.6 is 0 Å². The van der Waals surface area contributed by atoms with Gasteiger partial charge in [-0.3, -0.25) is 9.10 Å². The zero-order chi connectivity index (χ0) is 19.5. The first-order valence-electron chi connectivity index (χ1n) is 8.69. The normalized spacial score (nSPS) is 12.1. The molecule has 1 rings (SSSR count). The van der Waals surface area contributed by atoms with Crippen LogP contribution in [-0.2, 0) is 14.8 Å². The van der Waals surface area contributed by atoms with Crippen molar-refractivity contribution in [3.63, 3.8) is 0 Å². The molecule has 0 aliphatic carbocycles. The molecule has 1 N–H and O–H groups in total. The summed E-state index contributed by atoms with van der Waals surface area (Å²) in [5.41, 5.74) is 3.35. The third kappa shape index (κ3) is 5.73. The van der Waals surface area contributed by atoms with Crippen molar-refractivity contribution in [3.05, 3.63) is 28.8 Å². The molecule has 6 heteroatoms. The van der Waals surface area contributed by atoms with E-state index in [2.05, 4.69) is 5.32 Å². The van der Waals surface area contributed by atoms with Gasteiger partial charge >= 0.3 is 0 Å². The lowest BCUT2D eigenvalue weighted by atomic mass is 9.93. The molecule has 0 aromatic heterocycles. The maximum absolute atomic E-state index is 12.6. The lowest BCUT2D eigenvalue weighted by Crippen LogP contribution is -2.48. The highest BCUT2D eigenvalue weighted by Crippen LogP contribution is 2.28. The molecule has 1 aromatic rings. The third-order valence-corrected chi connectivity index (χ3v) is 5.45. The van der Waals surface area contributed by atoms with Crippen LogP contribution in [-0.4, -0.2) is 33.2 Å². The Morgan fingerprint density at radius 1 is 1.04 bits per heavy atom. The van der Waals surface area contributed by atoms with E-state index in [1.807, 2.05) is 60.6 Å². The molecular weight excluding hydrogens is 336 g/mol. The quantitative estimate of drug-likeness (QED) is 0.804. The second-order valence-electron chi connectivity index (χ2n) is 7.60. The van der Waals surface area contributed by atoms with E-state index in [1.165, 1.54) is 4.31 Å². The summed E-state index contributed by atoms with van der Waals surface area (Å²) in [4.78, 5) is 12.6. The predicted molar refractivity (Wildman–Crippen MR) is 104 cm³/mol. The first-order chi connectivity index (χ1) is 11.3. The molecule has 0 fully saturated rings. The average molecular weight is 369 g/mol. The summed E-state index contributed by atoms with van der Waals surface area (Å²) in [6, 6.07) is 3.88. The van der Waals surface area contributed by atoms with Gasteiger partial charge in [-0.2, -0.15) is 0 Å². The molecule has 0 unspecified atom stereocenters. The number of hydrogen-bond donors (Lipinski definition) is 1. The van der Waals surface area contributed by atoms with Gasteiger partial charge in [0.25, 0.3) is 0 Å². The van der Waals surface area contributed by atoms with Gasteiger partial charge in [-0.25, -0.2) is 8.42 Å². The topological polar surface area (TPSA) is 66.5 Å². The van der Waals surface area contributed by atoms with Gasteiger partial charge in [-0.15, -0.1) is 0 Å². The van der Waals surface area contributed by atoms with Crippen LogP contribution in [0.25, 0.3) is 0 Å². The zero-order valence-corrected chi connectivity index (χ0v) is 17.5. The Labute approximate surface area is 152 Å². The Balaban J connectivity index is 3.18. The Hall–Kier alpha value is -1.56. The number of anilines is 1. The van der Waals surface area contributed by atoms with Crippen LogP contribution in [0.4, 0.5) is 5.69 Å². The molecule has 0 saturated carbocycles. The maximum atomic E-state index is 12.6. The summed E-state index contributed by atoms with van der Waals surface area (Å²) < 4.78 is 25.9. The molecule has 1 aromatic carbocycles. The first kappa shape index (κ1) is 21.5. The van der Waals surface area contributed by atoms with E-state index in [-0.39, 0.29) is 30.3 Å². The van der Waals surface area contributed by atoms with E-state index in [0.29, 0.717) is 5.69 Å². The summed E-state index contributed by atoms with van der Waals surface area (Å²) in [5.74, 6) is 0.272. The van der Waals surface area contributed by atoms with Crippen molar-refractivity contribution in [1.82, 2.24) is 5.32 Å². The molecule has 1 amide bonds. The number of benzene rings is 1. The number of sulfonamides is 1. The van der Waals surface area contributed by atoms with Crippen LogP contribution < -0.4 is 9.62 Å². The second-order valence-corrected chi connectivity index (χ2v) is 9.51. The van der Waals surface area contributed by atoms with Gasteiger partial charge in [0.05, 0.1) is 11.9 Å². The molecule has 25 heavy (non-hydrogen) atoms. The number of nitrogens with one attached hydrogen (secondary N) is 1.